The van der Waals surface area contributed by atoms with Crippen LogP contribution in [0, 0.1) is 43.9 Å². The van der Waals surface area contributed by atoms with Crippen LogP contribution in [-0.2, 0) is 19.6 Å². The van der Waals surface area contributed by atoms with E-state index >= 15 is 0 Å². The molecule has 15 nitrogen and oxygen atoms in total. The van der Waals surface area contributed by atoms with Crippen LogP contribution in [0.1, 0.15) is 53.7 Å². The van der Waals surface area contributed by atoms with E-state index < -0.39 is 5.95 Å². The number of fused-ring (bicyclic) bond motifs is 9. The predicted molar refractivity (Wildman–Crippen MR) is 265 cm³/mol. The first-order valence-electron chi connectivity index (χ1n) is 22.3. The van der Waals surface area contributed by atoms with Crippen LogP contribution in [0.3, 0.4) is 0 Å². The van der Waals surface area contributed by atoms with E-state index in [4.69, 9.17) is 23.1 Å². The van der Waals surface area contributed by atoms with E-state index in [1.54, 1.807) is 42.7 Å². The number of rotatable bonds is 3. The van der Waals surface area contributed by atoms with Gasteiger partial charge in [-0.25, -0.2) is 19.3 Å². The predicted octanol–water partition coefficient (Wildman–Crippen LogP) is 8.23. The summed E-state index contributed by atoms with van der Waals surface area (Å²) in [6, 6.07) is 22.7. The molecule has 0 radical (unpaired) electrons. The zero-order chi connectivity index (χ0) is 49.1. The lowest BCUT2D eigenvalue weighted by Gasteiger charge is -2.18. The number of nitriles is 1. The number of carbonyl (C=O) groups is 3. The standard InChI is InChI=1S/C18H13FN4O.C17H15ClN4O.C17H15FN4O/c1-10-13-6-11(9-20)7-14(12-2-3-21-15(19)8-12)17(13)23-5-4-22-18(24)16(10)23;2*1-9-12-6-11(18)7-13(10-2-3-14(19)21-8-10)16(12)22-5-4-20-17(23)15(9)22/h2-3,6-8H,4-5H2,1H3,(H,22,24);2*2-3,6-8H,4-5H2,1H3,(H2,19,21)(H,20,23). The minimum absolute atomic E-state index is 0.0394. The quantitative estimate of drug-likeness (QED) is 0.108. The van der Waals surface area contributed by atoms with Crippen LogP contribution in [-0.4, -0.2) is 66.0 Å². The van der Waals surface area contributed by atoms with E-state index in [0.29, 0.717) is 77.6 Å². The highest BCUT2D eigenvalue weighted by molar-refractivity contribution is 6.32. The average Bonchev–Trinajstić information content (AvgIpc) is 3.93. The van der Waals surface area contributed by atoms with Gasteiger partial charge in [-0.05, 0) is 110 Å². The number of halogens is 3. The highest BCUT2D eigenvalue weighted by atomic mass is 35.5. The lowest BCUT2D eigenvalue weighted by Crippen LogP contribution is -2.35. The molecule has 0 fully saturated rings. The molecule has 3 amide bonds. The van der Waals surface area contributed by atoms with Crippen LogP contribution in [0.25, 0.3) is 66.1 Å². The van der Waals surface area contributed by atoms with Crippen LogP contribution >= 0.6 is 11.6 Å². The van der Waals surface area contributed by atoms with E-state index in [9.17, 15) is 28.4 Å². The molecule has 7 N–H and O–H groups in total. The van der Waals surface area contributed by atoms with Crippen LogP contribution in [0.4, 0.5) is 20.4 Å². The number of aryl methyl sites for hydroxylation is 3. The number of nitrogens with zero attached hydrogens (tertiary/aromatic N) is 7. The summed E-state index contributed by atoms with van der Waals surface area (Å²) in [7, 11) is 0. The molecule has 12 rings (SSSR count). The van der Waals surface area contributed by atoms with Crippen molar-refractivity contribution >= 4 is 73.7 Å². The van der Waals surface area contributed by atoms with E-state index in [0.717, 1.165) is 83.8 Å². The van der Waals surface area contributed by atoms with Crippen molar-refractivity contribution in [3.63, 3.8) is 0 Å². The number of hydrogen-bond acceptors (Lipinski definition) is 9. The average molecular weight is 957 g/mol. The molecular weight excluding hydrogens is 914 g/mol. The Labute approximate surface area is 403 Å². The molecule has 0 saturated heterocycles. The maximum Gasteiger partial charge on any atom is 0.268 e. The van der Waals surface area contributed by atoms with Gasteiger partial charge in [-0.15, -0.1) is 0 Å². The molecule has 0 aliphatic carbocycles. The number of pyridine rings is 3. The summed E-state index contributed by atoms with van der Waals surface area (Å²) in [5.74, 6) is -0.317. The Morgan fingerprint density at radius 2 is 1.04 bits per heavy atom. The molecule has 350 valence electrons. The Bertz CT molecular complexity index is 3550. The first-order valence-corrected chi connectivity index (χ1v) is 22.7. The molecule has 0 spiro atoms. The largest absolute Gasteiger partial charge is 0.384 e. The van der Waals surface area contributed by atoms with Gasteiger partial charge in [-0.2, -0.15) is 9.65 Å². The normalized spacial score (nSPS) is 13.8. The van der Waals surface area contributed by atoms with E-state index in [1.165, 1.54) is 24.4 Å². The topological polar surface area (TPSA) is 217 Å². The van der Waals surface area contributed by atoms with Crippen LogP contribution in [0.5, 0.6) is 0 Å². The highest BCUT2D eigenvalue weighted by Crippen LogP contribution is 2.39. The zero-order valence-corrected chi connectivity index (χ0v) is 38.8. The number of nitrogens with two attached hydrogens (primary N) is 2. The maximum absolute atomic E-state index is 14.1. The summed E-state index contributed by atoms with van der Waals surface area (Å²) in [4.78, 5) is 48.6. The van der Waals surface area contributed by atoms with Gasteiger partial charge >= 0.3 is 0 Å². The number of aromatic nitrogens is 6. The number of nitrogen functional groups attached to an aromatic ring is 2. The second-order valence-corrected chi connectivity index (χ2v) is 17.6. The van der Waals surface area contributed by atoms with E-state index in [2.05, 4.69) is 41.5 Å². The fraction of sp³-hybridized carbons (Fsp3) is 0.173. The molecule has 0 unspecified atom stereocenters. The molecule has 0 bridgehead atoms. The lowest BCUT2D eigenvalue weighted by atomic mass is 9.99. The van der Waals surface area contributed by atoms with Gasteiger partial charge in [-0.1, -0.05) is 11.6 Å². The molecule has 18 heteroatoms. The molecule has 3 aliphatic rings. The molecule has 9 heterocycles. The summed E-state index contributed by atoms with van der Waals surface area (Å²) in [5.41, 5.74) is 23.7. The minimum Gasteiger partial charge on any atom is -0.384 e. The lowest BCUT2D eigenvalue weighted by molar-refractivity contribution is 0.0920. The van der Waals surface area contributed by atoms with Crippen LogP contribution in [0.15, 0.2) is 91.4 Å². The second kappa shape index (κ2) is 17.8. The summed E-state index contributed by atoms with van der Waals surface area (Å²) in [6.07, 6.45) is 4.76. The summed E-state index contributed by atoms with van der Waals surface area (Å²) >= 11 is 6.32. The third kappa shape index (κ3) is 7.77. The fourth-order valence-electron chi connectivity index (χ4n) is 9.96. The second-order valence-electron chi connectivity index (χ2n) is 17.2. The van der Waals surface area contributed by atoms with E-state index in [-0.39, 0.29) is 23.5 Å². The van der Waals surface area contributed by atoms with Crippen molar-refractivity contribution in [3.8, 4) is 39.4 Å². The summed E-state index contributed by atoms with van der Waals surface area (Å²) < 4.78 is 33.7. The monoisotopic (exact) mass is 956 g/mol. The number of nitrogens with one attached hydrogen (secondary N) is 3. The van der Waals surface area contributed by atoms with Crippen molar-refractivity contribution in [1.29, 1.82) is 5.26 Å². The third-order valence-electron chi connectivity index (χ3n) is 13.0. The number of benzene rings is 3. The molecule has 70 heavy (non-hydrogen) atoms. The molecular formula is C52H43ClF2N12O3. The SMILES string of the molecule is Cc1c2n(c3c(-c4ccc(N)nc4)cc(Cl)cc13)CCNC2=O.Cc1c2n(c3c(-c4ccc(N)nc4)cc(F)cc13)CCNC2=O.Cc1c2n(c3c(-c4ccnc(F)c4)cc(C#N)cc13)CCNC2=O. The number of amides is 3. The Hall–Kier alpha value is -8.62. The zero-order valence-electron chi connectivity index (χ0n) is 38.0. The van der Waals surface area contributed by atoms with Gasteiger partial charge in [-0.3, -0.25) is 14.4 Å². The van der Waals surface area contributed by atoms with Gasteiger partial charge in [0.25, 0.3) is 17.7 Å². The first-order chi connectivity index (χ1) is 33.7. The molecule has 9 aromatic rings. The molecule has 3 aromatic carbocycles. The summed E-state index contributed by atoms with van der Waals surface area (Å²) in [6.45, 7) is 9.44. The Morgan fingerprint density at radius 3 is 1.50 bits per heavy atom. The molecule has 0 saturated carbocycles. The van der Waals surface area contributed by atoms with Gasteiger partial charge in [0.15, 0.2) is 0 Å². The smallest absolute Gasteiger partial charge is 0.268 e. The van der Waals surface area contributed by atoms with Crippen molar-refractivity contribution in [1.82, 2.24) is 44.6 Å². The number of anilines is 2. The van der Waals surface area contributed by atoms with Gasteiger partial charge in [0.1, 0.15) is 34.5 Å². The fourth-order valence-corrected chi connectivity index (χ4v) is 10.2. The van der Waals surface area contributed by atoms with Crippen LogP contribution < -0.4 is 27.4 Å². The van der Waals surface area contributed by atoms with Crippen molar-refractivity contribution in [3.05, 3.63) is 148 Å². The number of carbonyl (C=O) groups excluding carboxylic acids is 3. The Balaban J connectivity index is 0.000000122. The maximum atomic E-state index is 14.1. The molecule has 0 atom stereocenters. The third-order valence-corrected chi connectivity index (χ3v) is 13.2. The first kappa shape index (κ1) is 45.2. The van der Waals surface area contributed by atoms with E-state index in [1.807, 2.05) is 54.2 Å². The summed E-state index contributed by atoms with van der Waals surface area (Å²) in [5, 5.41) is 21.2. The van der Waals surface area contributed by atoms with Crippen LogP contribution in [0.2, 0.25) is 5.02 Å². The Kier molecular flexibility index (Phi) is 11.5. The Morgan fingerprint density at radius 1 is 0.586 bits per heavy atom. The molecule has 6 aromatic heterocycles. The van der Waals surface area contributed by atoms with Gasteiger partial charge < -0.3 is 41.1 Å². The van der Waals surface area contributed by atoms with Gasteiger partial charge in [0.05, 0.1) is 28.2 Å². The van der Waals surface area contributed by atoms with Crippen molar-refractivity contribution in [2.24, 2.45) is 0 Å². The van der Waals surface area contributed by atoms with Gasteiger partial charge in [0.2, 0.25) is 5.95 Å². The minimum atomic E-state index is -0.581. The van der Waals surface area contributed by atoms with Gasteiger partial charge in [0, 0.05) is 113 Å². The van der Waals surface area contributed by atoms with Crippen molar-refractivity contribution in [2.45, 2.75) is 40.4 Å². The van der Waals surface area contributed by atoms with Crippen molar-refractivity contribution in [2.75, 3.05) is 31.1 Å². The number of hydrogen-bond donors (Lipinski definition) is 5. The highest BCUT2D eigenvalue weighted by Gasteiger charge is 2.29. The van der Waals surface area contributed by atoms with Crippen molar-refractivity contribution < 1.29 is 23.2 Å². The molecule has 3 aliphatic heterocycles.